The van der Waals surface area contributed by atoms with E-state index in [0.29, 0.717) is 24.6 Å². The number of nitrogens with one attached hydrogen (secondary N) is 2. The molecule has 2 aliphatic heterocycles. The number of carbonyl (C=O) groups is 1. The van der Waals surface area contributed by atoms with Crippen LogP contribution >= 0.6 is 11.3 Å². The number of hydrogen-bond acceptors (Lipinski definition) is 5. The minimum Gasteiger partial charge on any atom is -0.366 e. The molecule has 1 aromatic rings. The minimum absolute atomic E-state index is 0.170. The highest BCUT2D eigenvalue weighted by molar-refractivity contribution is 7.07. The van der Waals surface area contributed by atoms with Crippen molar-refractivity contribution in [3.8, 4) is 0 Å². The second kappa shape index (κ2) is 6.51. The van der Waals surface area contributed by atoms with E-state index in [1.54, 1.807) is 11.3 Å². The molecule has 126 valence electrons. The Labute approximate surface area is 141 Å². The van der Waals surface area contributed by atoms with Crippen molar-refractivity contribution >= 4 is 17.2 Å². The fourth-order valence-electron chi connectivity index (χ4n) is 4.06. The summed E-state index contributed by atoms with van der Waals surface area (Å²) in [7, 11) is 0. The third kappa shape index (κ3) is 3.18. The third-order valence-corrected chi connectivity index (χ3v) is 6.27. The molecule has 1 aromatic heterocycles. The number of hydrogen-bond donors (Lipinski definition) is 2. The van der Waals surface area contributed by atoms with Crippen molar-refractivity contribution in [2.75, 3.05) is 32.8 Å². The Bertz CT molecular complexity index is 536. The van der Waals surface area contributed by atoms with Gasteiger partial charge in [-0.2, -0.15) is 11.3 Å². The summed E-state index contributed by atoms with van der Waals surface area (Å²) in [6.07, 6.45) is 3.22. The lowest BCUT2D eigenvalue weighted by molar-refractivity contribution is -0.147. The van der Waals surface area contributed by atoms with Gasteiger partial charge in [0, 0.05) is 25.7 Å². The average molecular weight is 335 g/mol. The molecule has 2 atom stereocenters. The number of rotatable bonds is 4. The molecule has 0 radical (unpaired) electrons. The summed E-state index contributed by atoms with van der Waals surface area (Å²) >= 11 is 1.70. The van der Waals surface area contributed by atoms with E-state index >= 15 is 0 Å². The third-order valence-electron chi connectivity index (χ3n) is 5.54. The zero-order valence-corrected chi connectivity index (χ0v) is 14.2. The maximum atomic E-state index is 13.1. The van der Waals surface area contributed by atoms with Crippen LogP contribution in [0.2, 0.25) is 0 Å². The Morgan fingerprint density at radius 2 is 2.22 bits per heavy atom. The lowest BCUT2D eigenvalue weighted by Gasteiger charge is -2.33. The van der Waals surface area contributed by atoms with Gasteiger partial charge in [-0.05, 0) is 60.2 Å². The van der Waals surface area contributed by atoms with Gasteiger partial charge < -0.3 is 20.3 Å². The molecule has 0 aromatic carbocycles. The molecule has 6 heteroatoms. The molecule has 1 spiro atoms. The Hall–Kier alpha value is -0.950. The van der Waals surface area contributed by atoms with Crippen molar-refractivity contribution < 1.29 is 9.53 Å². The molecule has 3 aliphatic rings. The monoisotopic (exact) mass is 335 g/mol. The van der Waals surface area contributed by atoms with Crippen LogP contribution < -0.4 is 10.6 Å². The highest BCUT2D eigenvalue weighted by Gasteiger charge is 2.58. The topological polar surface area (TPSA) is 53.6 Å². The first-order chi connectivity index (χ1) is 11.3. The van der Waals surface area contributed by atoms with Gasteiger partial charge in [-0.1, -0.05) is 0 Å². The number of thiophene rings is 1. The number of piperidine rings is 1. The summed E-state index contributed by atoms with van der Waals surface area (Å²) in [6.45, 7) is 5.00. The Morgan fingerprint density at radius 1 is 1.35 bits per heavy atom. The van der Waals surface area contributed by atoms with Crippen molar-refractivity contribution in [2.24, 2.45) is 5.41 Å². The average Bonchev–Trinajstić information content (AvgIpc) is 3.04. The molecule has 1 saturated carbocycles. The zero-order chi connectivity index (χ0) is 15.7. The molecular weight excluding hydrogens is 310 g/mol. The SMILES string of the molecule is O=C(C1CNCCO1)N(Cc1ccsc1)C1CC12CCNCC2. The Balaban J connectivity index is 1.50. The molecule has 1 amide bonds. The summed E-state index contributed by atoms with van der Waals surface area (Å²) in [5.41, 5.74) is 1.60. The molecule has 23 heavy (non-hydrogen) atoms. The van der Waals surface area contributed by atoms with Gasteiger partial charge in [0.25, 0.3) is 5.91 Å². The van der Waals surface area contributed by atoms with Crippen LogP contribution in [0.3, 0.4) is 0 Å². The predicted octanol–water partition coefficient (Wildman–Crippen LogP) is 1.21. The zero-order valence-electron chi connectivity index (χ0n) is 13.4. The summed E-state index contributed by atoms with van der Waals surface area (Å²) in [5.74, 6) is 0.170. The van der Waals surface area contributed by atoms with Crippen molar-refractivity contribution in [3.05, 3.63) is 22.4 Å². The molecule has 1 aliphatic carbocycles. The van der Waals surface area contributed by atoms with Crippen LogP contribution in [0.25, 0.3) is 0 Å². The minimum atomic E-state index is -0.318. The van der Waals surface area contributed by atoms with Crippen molar-refractivity contribution in [2.45, 2.75) is 38.0 Å². The molecule has 2 saturated heterocycles. The molecule has 4 rings (SSSR count). The van der Waals surface area contributed by atoms with Gasteiger partial charge >= 0.3 is 0 Å². The maximum Gasteiger partial charge on any atom is 0.253 e. The molecule has 3 fully saturated rings. The van der Waals surface area contributed by atoms with E-state index in [4.69, 9.17) is 4.74 Å². The second-order valence-electron chi connectivity index (χ2n) is 6.99. The first-order valence-corrected chi connectivity index (χ1v) is 9.57. The van der Waals surface area contributed by atoms with E-state index in [1.807, 2.05) is 0 Å². The number of amides is 1. The highest BCUT2D eigenvalue weighted by atomic mass is 32.1. The van der Waals surface area contributed by atoms with Gasteiger partial charge in [-0.25, -0.2) is 0 Å². The van der Waals surface area contributed by atoms with Crippen LogP contribution in [0.4, 0.5) is 0 Å². The van der Waals surface area contributed by atoms with Crippen molar-refractivity contribution in [1.82, 2.24) is 15.5 Å². The van der Waals surface area contributed by atoms with Crippen LogP contribution in [0.5, 0.6) is 0 Å². The molecule has 2 N–H and O–H groups in total. The summed E-state index contributed by atoms with van der Waals surface area (Å²) in [6, 6.07) is 2.52. The lowest BCUT2D eigenvalue weighted by Crippen LogP contribution is -2.50. The van der Waals surface area contributed by atoms with Gasteiger partial charge in [0.05, 0.1) is 6.61 Å². The van der Waals surface area contributed by atoms with Gasteiger partial charge in [-0.15, -0.1) is 0 Å². The van der Waals surface area contributed by atoms with E-state index in [2.05, 4.69) is 32.4 Å². The molecular formula is C17H25N3O2S. The van der Waals surface area contributed by atoms with Crippen LogP contribution in [-0.2, 0) is 16.1 Å². The fraction of sp³-hybridized carbons (Fsp3) is 0.706. The second-order valence-corrected chi connectivity index (χ2v) is 7.77. The van der Waals surface area contributed by atoms with Crippen LogP contribution in [-0.4, -0.2) is 55.7 Å². The Morgan fingerprint density at radius 3 is 2.91 bits per heavy atom. The first kappa shape index (κ1) is 15.6. The smallest absolute Gasteiger partial charge is 0.253 e. The summed E-state index contributed by atoms with van der Waals surface area (Å²) < 4.78 is 5.73. The summed E-state index contributed by atoms with van der Waals surface area (Å²) in [4.78, 5) is 15.2. The molecule has 3 heterocycles. The number of carbonyl (C=O) groups excluding carboxylic acids is 1. The van der Waals surface area contributed by atoms with Crippen molar-refractivity contribution in [1.29, 1.82) is 0 Å². The number of nitrogens with zero attached hydrogens (tertiary/aromatic N) is 1. The molecule has 0 bridgehead atoms. The van der Waals surface area contributed by atoms with E-state index in [0.717, 1.165) is 32.6 Å². The fourth-order valence-corrected chi connectivity index (χ4v) is 4.72. The summed E-state index contributed by atoms with van der Waals surface area (Å²) in [5, 5.41) is 11.0. The maximum absolute atomic E-state index is 13.1. The predicted molar refractivity (Wildman–Crippen MR) is 90.4 cm³/mol. The molecule has 2 unspecified atom stereocenters. The quantitative estimate of drug-likeness (QED) is 0.868. The first-order valence-electron chi connectivity index (χ1n) is 8.63. The van der Waals surface area contributed by atoms with Crippen molar-refractivity contribution in [3.63, 3.8) is 0 Å². The normalized spacial score (nSPS) is 29.4. The van der Waals surface area contributed by atoms with Crippen LogP contribution in [0.1, 0.15) is 24.8 Å². The largest absolute Gasteiger partial charge is 0.366 e. The Kier molecular flexibility index (Phi) is 4.41. The van der Waals surface area contributed by atoms with E-state index in [-0.39, 0.29) is 12.0 Å². The van der Waals surface area contributed by atoms with Crippen LogP contribution in [0, 0.1) is 5.41 Å². The van der Waals surface area contributed by atoms with Crippen LogP contribution in [0.15, 0.2) is 16.8 Å². The standard InChI is InChI=1S/C17H25N3O2S/c21-16(14-10-19-6-7-22-14)20(11-13-1-8-23-12-13)15-9-17(15)2-4-18-5-3-17/h1,8,12,14-15,18-19H,2-7,9-11H2. The van der Waals surface area contributed by atoms with E-state index in [1.165, 1.54) is 18.4 Å². The molecule has 5 nitrogen and oxygen atoms in total. The van der Waals surface area contributed by atoms with E-state index in [9.17, 15) is 4.79 Å². The van der Waals surface area contributed by atoms with E-state index < -0.39 is 0 Å². The van der Waals surface area contributed by atoms with Gasteiger partial charge in [0.2, 0.25) is 0 Å². The lowest BCUT2D eigenvalue weighted by atomic mass is 9.93. The number of ether oxygens (including phenoxy) is 1. The van der Waals surface area contributed by atoms with Gasteiger partial charge in [0.1, 0.15) is 6.10 Å². The highest BCUT2D eigenvalue weighted by Crippen LogP contribution is 2.56. The van der Waals surface area contributed by atoms with Gasteiger partial charge in [0.15, 0.2) is 0 Å². The van der Waals surface area contributed by atoms with Gasteiger partial charge in [-0.3, -0.25) is 4.79 Å². The number of morpholine rings is 1.